The average Bonchev–Trinajstić information content (AvgIpc) is 2.91. The second-order valence-corrected chi connectivity index (χ2v) is 4.24. The Kier molecular flexibility index (Phi) is 2.26. The molecule has 1 aliphatic carbocycles. The standard InChI is InChI=1S/C10H13NO4/c12-8(3-4-9(13)14)11-5-10(15,6-11)7-1-2-7/h3-4,7,15H,1-2,5-6H2,(H,13,14)/b4-3+. The fourth-order valence-corrected chi connectivity index (χ4v) is 1.90. The van der Waals surface area contributed by atoms with Crippen molar-refractivity contribution in [2.24, 2.45) is 5.92 Å². The Bertz CT molecular complexity index is 326. The lowest BCUT2D eigenvalue weighted by molar-refractivity contribution is -0.154. The molecule has 2 N–H and O–H groups in total. The minimum Gasteiger partial charge on any atom is -0.478 e. The van der Waals surface area contributed by atoms with Gasteiger partial charge in [-0.1, -0.05) is 0 Å². The molecule has 2 rings (SSSR count). The van der Waals surface area contributed by atoms with Crippen LogP contribution in [0.2, 0.25) is 0 Å². The minimum absolute atomic E-state index is 0.334. The first-order valence-corrected chi connectivity index (χ1v) is 4.93. The van der Waals surface area contributed by atoms with Crippen molar-refractivity contribution < 1.29 is 19.8 Å². The van der Waals surface area contributed by atoms with Crippen LogP contribution in [-0.4, -0.2) is 45.7 Å². The number of aliphatic carboxylic acids is 1. The third-order valence-corrected chi connectivity index (χ3v) is 2.95. The SMILES string of the molecule is O=C(O)/C=C/C(=O)N1CC(O)(C2CC2)C1. The number of hydrogen-bond donors (Lipinski definition) is 2. The largest absolute Gasteiger partial charge is 0.478 e. The number of rotatable bonds is 3. The van der Waals surface area contributed by atoms with E-state index in [-0.39, 0.29) is 5.91 Å². The predicted octanol–water partition coefficient (Wildman–Crippen LogP) is -0.390. The van der Waals surface area contributed by atoms with Crippen LogP contribution < -0.4 is 0 Å². The quantitative estimate of drug-likeness (QED) is 0.623. The summed E-state index contributed by atoms with van der Waals surface area (Å²) in [6.45, 7) is 0.668. The summed E-state index contributed by atoms with van der Waals surface area (Å²) in [6.07, 6.45) is 3.90. The zero-order valence-electron chi connectivity index (χ0n) is 8.22. The van der Waals surface area contributed by atoms with E-state index >= 15 is 0 Å². The monoisotopic (exact) mass is 211 g/mol. The third-order valence-electron chi connectivity index (χ3n) is 2.95. The number of β-amino-alcohol motifs (C(OH)–C–C–N with tert-alkyl or cyclic N) is 1. The molecular formula is C10H13NO4. The van der Waals surface area contributed by atoms with Crippen molar-refractivity contribution in [3.63, 3.8) is 0 Å². The van der Waals surface area contributed by atoms with Crippen LogP contribution in [0.1, 0.15) is 12.8 Å². The van der Waals surface area contributed by atoms with Gasteiger partial charge in [-0.15, -0.1) is 0 Å². The van der Waals surface area contributed by atoms with E-state index in [0.717, 1.165) is 25.0 Å². The Morgan fingerprint density at radius 1 is 1.27 bits per heavy atom. The fourth-order valence-electron chi connectivity index (χ4n) is 1.90. The van der Waals surface area contributed by atoms with Gasteiger partial charge in [0.1, 0.15) is 5.60 Å². The molecule has 0 aromatic heterocycles. The smallest absolute Gasteiger partial charge is 0.328 e. The number of carbonyl (C=O) groups excluding carboxylic acids is 1. The normalized spacial score (nSPS) is 23.9. The Morgan fingerprint density at radius 3 is 2.33 bits per heavy atom. The molecule has 2 aliphatic rings. The highest BCUT2D eigenvalue weighted by molar-refractivity contribution is 5.94. The van der Waals surface area contributed by atoms with Gasteiger partial charge >= 0.3 is 5.97 Å². The topological polar surface area (TPSA) is 77.8 Å². The van der Waals surface area contributed by atoms with Crippen LogP contribution in [0.3, 0.4) is 0 Å². The summed E-state index contributed by atoms with van der Waals surface area (Å²) in [5.41, 5.74) is -0.702. The minimum atomic E-state index is -1.14. The number of nitrogens with zero attached hydrogens (tertiary/aromatic N) is 1. The second kappa shape index (κ2) is 3.34. The molecule has 82 valence electrons. The van der Waals surface area contributed by atoms with Crippen molar-refractivity contribution in [3.8, 4) is 0 Å². The number of amides is 1. The van der Waals surface area contributed by atoms with Gasteiger partial charge in [-0.25, -0.2) is 4.79 Å². The van der Waals surface area contributed by atoms with Gasteiger partial charge < -0.3 is 15.1 Å². The average molecular weight is 211 g/mol. The molecule has 2 fully saturated rings. The van der Waals surface area contributed by atoms with E-state index in [1.54, 1.807) is 0 Å². The van der Waals surface area contributed by atoms with Gasteiger partial charge in [-0.05, 0) is 18.8 Å². The molecule has 1 amide bonds. The van der Waals surface area contributed by atoms with Crippen LogP contribution in [0.25, 0.3) is 0 Å². The van der Waals surface area contributed by atoms with Gasteiger partial charge in [-0.2, -0.15) is 0 Å². The summed E-state index contributed by atoms with van der Waals surface area (Å²) in [5, 5.41) is 18.2. The van der Waals surface area contributed by atoms with Crippen LogP contribution in [-0.2, 0) is 9.59 Å². The number of carboxylic acid groups (broad SMARTS) is 1. The second-order valence-electron chi connectivity index (χ2n) is 4.24. The molecular weight excluding hydrogens is 198 g/mol. The van der Waals surface area contributed by atoms with Crippen LogP contribution >= 0.6 is 0 Å². The van der Waals surface area contributed by atoms with Gasteiger partial charge in [0.25, 0.3) is 0 Å². The van der Waals surface area contributed by atoms with E-state index in [9.17, 15) is 14.7 Å². The molecule has 5 nitrogen and oxygen atoms in total. The highest BCUT2D eigenvalue weighted by atomic mass is 16.4. The number of carboxylic acids is 1. The van der Waals surface area contributed by atoms with E-state index in [1.807, 2.05) is 0 Å². The van der Waals surface area contributed by atoms with Gasteiger partial charge in [0, 0.05) is 12.2 Å². The van der Waals surface area contributed by atoms with Crippen LogP contribution in [0.4, 0.5) is 0 Å². The fraction of sp³-hybridized carbons (Fsp3) is 0.600. The molecule has 1 heterocycles. The van der Waals surface area contributed by atoms with Gasteiger partial charge in [0.15, 0.2) is 0 Å². The zero-order valence-corrected chi connectivity index (χ0v) is 8.22. The summed E-state index contributed by atoms with van der Waals surface area (Å²) in [6, 6.07) is 0. The molecule has 0 aromatic rings. The molecule has 0 aromatic carbocycles. The summed E-state index contributed by atoms with van der Waals surface area (Å²) in [7, 11) is 0. The highest BCUT2D eigenvalue weighted by Crippen LogP contribution is 2.44. The van der Waals surface area contributed by atoms with Crippen molar-refractivity contribution in [3.05, 3.63) is 12.2 Å². The number of likely N-dealkylation sites (tertiary alicyclic amines) is 1. The van der Waals surface area contributed by atoms with E-state index in [0.29, 0.717) is 19.0 Å². The molecule has 0 bridgehead atoms. The lowest BCUT2D eigenvalue weighted by Crippen LogP contribution is -2.64. The number of carbonyl (C=O) groups is 2. The van der Waals surface area contributed by atoms with Crippen molar-refractivity contribution in [2.45, 2.75) is 18.4 Å². The van der Waals surface area contributed by atoms with Crippen molar-refractivity contribution in [2.75, 3.05) is 13.1 Å². The Hall–Kier alpha value is -1.36. The van der Waals surface area contributed by atoms with E-state index < -0.39 is 11.6 Å². The van der Waals surface area contributed by atoms with Crippen molar-refractivity contribution >= 4 is 11.9 Å². The van der Waals surface area contributed by atoms with Gasteiger partial charge in [-0.3, -0.25) is 4.79 Å². The molecule has 0 atom stereocenters. The van der Waals surface area contributed by atoms with Crippen LogP contribution in [0.15, 0.2) is 12.2 Å². The molecule has 0 radical (unpaired) electrons. The molecule has 0 unspecified atom stereocenters. The first-order valence-electron chi connectivity index (χ1n) is 4.93. The highest BCUT2D eigenvalue weighted by Gasteiger charge is 2.52. The van der Waals surface area contributed by atoms with Crippen molar-refractivity contribution in [1.29, 1.82) is 0 Å². The summed E-state index contributed by atoms with van der Waals surface area (Å²) in [5.74, 6) is -1.14. The molecule has 5 heteroatoms. The Balaban J connectivity index is 1.83. The lowest BCUT2D eigenvalue weighted by atomic mass is 9.89. The predicted molar refractivity (Wildman–Crippen MR) is 51.0 cm³/mol. The van der Waals surface area contributed by atoms with Crippen molar-refractivity contribution in [1.82, 2.24) is 4.90 Å². The maximum absolute atomic E-state index is 11.3. The first kappa shape index (κ1) is 10.2. The zero-order chi connectivity index (χ0) is 11.1. The molecule has 0 spiro atoms. The molecule has 15 heavy (non-hydrogen) atoms. The summed E-state index contributed by atoms with van der Waals surface area (Å²) < 4.78 is 0. The van der Waals surface area contributed by atoms with Gasteiger partial charge in [0.05, 0.1) is 13.1 Å². The maximum atomic E-state index is 11.3. The van der Waals surface area contributed by atoms with E-state index in [4.69, 9.17) is 5.11 Å². The van der Waals surface area contributed by atoms with E-state index in [2.05, 4.69) is 0 Å². The van der Waals surface area contributed by atoms with Crippen LogP contribution in [0.5, 0.6) is 0 Å². The molecule has 1 saturated carbocycles. The van der Waals surface area contributed by atoms with E-state index in [1.165, 1.54) is 4.90 Å². The summed E-state index contributed by atoms with van der Waals surface area (Å²) in [4.78, 5) is 23.0. The number of aliphatic hydroxyl groups is 1. The third kappa shape index (κ3) is 2.02. The van der Waals surface area contributed by atoms with Crippen LogP contribution in [0, 0.1) is 5.92 Å². The molecule has 1 aliphatic heterocycles. The first-order chi connectivity index (χ1) is 7.01. The Morgan fingerprint density at radius 2 is 1.87 bits per heavy atom. The molecule has 1 saturated heterocycles. The van der Waals surface area contributed by atoms with Gasteiger partial charge in [0.2, 0.25) is 5.91 Å². The number of hydrogen-bond acceptors (Lipinski definition) is 3. The summed E-state index contributed by atoms with van der Waals surface area (Å²) >= 11 is 0. The lowest BCUT2D eigenvalue weighted by Gasteiger charge is -2.46. The maximum Gasteiger partial charge on any atom is 0.328 e. The Labute approximate surface area is 87.0 Å².